The van der Waals surface area contributed by atoms with Crippen molar-refractivity contribution < 1.29 is 4.74 Å². The Kier molecular flexibility index (Phi) is 3.88. The van der Waals surface area contributed by atoms with Gasteiger partial charge in [-0.2, -0.15) is 4.91 Å². The predicted molar refractivity (Wildman–Crippen MR) is 60.3 cm³/mol. The highest BCUT2D eigenvalue weighted by Crippen LogP contribution is 2.22. The Hall–Kier alpha value is -1.32. The zero-order chi connectivity index (χ0) is 11.3. The average molecular weight is 210 g/mol. The van der Waals surface area contributed by atoms with E-state index in [-0.39, 0.29) is 12.1 Å². The van der Waals surface area contributed by atoms with Gasteiger partial charge in [-0.25, -0.2) is 0 Å². The van der Waals surface area contributed by atoms with Crippen LogP contribution in [0.3, 0.4) is 0 Å². The maximum absolute atomic E-state index is 9.95. The van der Waals surface area contributed by atoms with E-state index in [0.717, 1.165) is 12.4 Å². The average Bonchev–Trinajstić information content (AvgIpc) is 2.17. The standard InChI is InChI=1S/C11H18N2O2/c1-11(2,3)13-8-5-4-6-10(13)15-9-7-12-14/h4-6H,7-9H2,1-3H3. The molecule has 0 aromatic heterocycles. The molecule has 1 aliphatic heterocycles. The predicted octanol–water partition coefficient (Wildman–Crippen LogP) is 2.28. The molecule has 0 saturated heterocycles. The van der Waals surface area contributed by atoms with E-state index in [9.17, 15) is 4.91 Å². The van der Waals surface area contributed by atoms with Crippen molar-refractivity contribution in [2.75, 3.05) is 19.7 Å². The maximum Gasteiger partial charge on any atom is 0.190 e. The minimum atomic E-state index is 0.0190. The van der Waals surface area contributed by atoms with Gasteiger partial charge in [-0.05, 0) is 26.8 Å². The normalized spacial score (nSPS) is 16.2. The first-order chi connectivity index (χ1) is 7.05. The minimum absolute atomic E-state index is 0.0190. The van der Waals surface area contributed by atoms with Crippen LogP contribution in [0.5, 0.6) is 0 Å². The first kappa shape index (κ1) is 11.8. The molecule has 0 bridgehead atoms. The van der Waals surface area contributed by atoms with Crippen molar-refractivity contribution in [2.45, 2.75) is 26.3 Å². The SMILES string of the molecule is CC(C)(C)N1CC=CC=C1OCCN=O. The Balaban J connectivity index is 2.61. The summed E-state index contributed by atoms with van der Waals surface area (Å²) < 4.78 is 5.50. The highest BCUT2D eigenvalue weighted by molar-refractivity contribution is 5.15. The molecule has 1 rings (SSSR count). The van der Waals surface area contributed by atoms with E-state index in [1.54, 1.807) is 0 Å². The van der Waals surface area contributed by atoms with E-state index in [2.05, 4.69) is 36.9 Å². The highest BCUT2D eigenvalue weighted by atomic mass is 16.5. The summed E-state index contributed by atoms with van der Waals surface area (Å²) in [7, 11) is 0. The molecule has 0 amide bonds. The fourth-order valence-corrected chi connectivity index (χ4v) is 1.41. The molecule has 1 aliphatic rings. The summed E-state index contributed by atoms with van der Waals surface area (Å²) >= 11 is 0. The molecule has 84 valence electrons. The number of hydrogen-bond donors (Lipinski definition) is 0. The number of nitroso groups, excluding NO2 is 1. The van der Waals surface area contributed by atoms with E-state index < -0.39 is 0 Å². The summed E-state index contributed by atoms with van der Waals surface area (Å²) in [6, 6.07) is 0. The molecule has 0 saturated carbocycles. The van der Waals surface area contributed by atoms with Gasteiger partial charge in [0, 0.05) is 12.1 Å². The number of rotatable bonds is 4. The lowest BCUT2D eigenvalue weighted by atomic mass is 10.1. The summed E-state index contributed by atoms with van der Waals surface area (Å²) in [4.78, 5) is 12.1. The smallest absolute Gasteiger partial charge is 0.190 e. The summed E-state index contributed by atoms with van der Waals surface area (Å²) in [6.07, 6.45) is 5.96. The zero-order valence-corrected chi connectivity index (χ0v) is 9.56. The second-order valence-electron chi connectivity index (χ2n) is 4.42. The molecule has 0 fully saturated rings. The van der Waals surface area contributed by atoms with Crippen LogP contribution in [0.15, 0.2) is 29.3 Å². The van der Waals surface area contributed by atoms with E-state index in [4.69, 9.17) is 4.74 Å². The second-order valence-corrected chi connectivity index (χ2v) is 4.42. The molecule has 0 N–H and O–H groups in total. The van der Waals surface area contributed by atoms with Crippen LogP contribution in [0.1, 0.15) is 20.8 Å². The van der Waals surface area contributed by atoms with Crippen LogP contribution in [0, 0.1) is 4.91 Å². The molecule has 0 unspecified atom stereocenters. The van der Waals surface area contributed by atoms with Crippen molar-refractivity contribution in [3.05, 3.63) is 29.0 Å². The Morgan fingerprint density at radius 1 is 1.53 bits per heavy atom. The van der Waals surface area contributed by atoms with Gasteiger partial charge >= 0.3 is 0 Å². The first-order valence-electron chi connectivity index (χ1n) is 5.12. The lowest BCUT2D eigenvalue weighted by molar-refractivity contribution is 0.0672. The summed E-state index contributed by atoms with van der Waals surface area (Å²) in [5.41, 5.74) is 0.0190. The van der Waals surface area contributed by atoms with E-state index >= 15 is 0 Å². The second kappa shape index (κ2) is 4.96. The van der Waals surface area contributed by atoms with Crippen LogP contribution in [0.4, 0.5) is 0 Å². The molecule has 15 heavy (non-hydrogen) atoms. The summed E-state index contributed by atoms with van der Waals surface area (Å²) in [6.45, 7) is 7.75. The fourth-order valence-electron chi connectivity index (χ4n) is 1.41. The molecule has 4 heteroatoms. The van der Waals surface area contributed by atoms with Crippen LogP contribution in [-0.2, 0) is 4.74 Å². The molecule has 0 aromatic carbocycles. The van der Waals surface area contributed by atoms with E-state index in [1.165, 1.54) is 0 Å². The quantitative estimate of drug-likeness (QED) is 0.528. The first-order valence-corrected chi connectivity index (χ1v) is 5.12. The number of ether oxygens (including phenoxy) is 1. The van der Waals surface area contributed by atoms with Gasteiger partial charge in [-0.15, -0.1) is 0 Å². The van der Waals surface area contributed by atoms with Gasteiger partial charge in [-0.1, -0.05) is 17.3 Å². The number of hydrogen-bond acceptors (Lipinski definition) is 4. The summed E-state index contributed by atoms with van der Waals surface area (Å²) in [5, 5.41) is 2.77. The number of allylic oxidation sites excluding steroid dienone is 2. The molecule has 0 aliphatic carbocycles. The van der Waals surface area contributed by atoms with E-state index in [1.807, 2.05) is 12.2 Å². The molecule has 0 radical (unpaired) electrons. The third-order valence-electron chi connectivity index (χ3n) is 2.17. The van der Waals surface area contributed by atoms with Crippen molar-refractivity contribution in [2.24, 2.45) is 5.18 Å². The Labute approximate surface area is 90.6 Å². The van der Waals surface area contributed by atoms with Crippen LogP contribution in [0.2, 0.25) is 0 Å². The van der Waals surface area contributed by atoms with Crippen LogP contribution in [-0.4, -0.2) is 30.1 Å². The van der Waals surface area contributed by atoms with Crippen molar-refractivity contribution in [1.82, 2.24) is 4.90 Å². The van der Waals surface area contributed by atoms with Gasteiger partial charge in [-0.3, -0.25) is 0 Å². The van der Waals surface area contributed by atoms with Gasteiger partial charge in [0.05, 0.1) is 0 Å². The monoisotopic (exact) mass is 210 g/mol. The molecule has 4 nitrogen and oxygen atoms in total. The van der Waals surface area contributed by atoms with Gasteiger partial charge < -0.3 is 9.64 Å². The minimum Gasteiger partial charge on any atom is -0.477 e. The van der Waals surface area contributed by atoms with Crippen molar-refractivity contribution in [1.29, 1.82) is 0 Å². The van der Waals surface area contributed by atoms with Crippen molar-refractivity contribution in [3.8, 4) is 0 Å². The molecule has 0 atom stereocenters. The Morgan fingerprint density at radius 3 is 2.87 bits per heavy atom. The highest BCUT2D eigenvalue weighted by Gasteiger charge is 2.24. The van der Waals surface area contributed by atoms with Crippen LogP contribution in [0.25, 0.3) is 0 Å². The van der Waals surface area contributed by atoms with Gasteiger partial charge in [0.15, 0.2) is 5.88 Å². The number of nitrogens with zero attached hydrogens (tertiary/aromatic N) is 2. The van der Waals surface area contributed by atoms with Crippen LogP contribution >= 0.6 is 0 Å². The third-order valence-corrected chi connectivity index (χ3v) is 2.17. The fraction of sp³-hybridized carbons (Fsp3) is 0.636. The molecular weight excluding hydrogens is 192 g/mol. The Bertz CT molecular complexity index is 277. The van der Waals surface area contributed by atoms with E-state index in [0.29, 0.717) is 6.61 Å². The van der Waals surface area contributed by atoms with Gasteiger partial charge in [0.25, 0.3) is 0 Å². The zero-order valence-electron chi connectivity index (χ0n) is 9.56. The topological polar surface area (TPSA) is 41.9 Å². The van der Waals surface area contributed by atoms with Gasteiger partial charge in [0.1, 0.15) is 13.2 Å². The molecule has 0 aromatic rings. The maximum atomic E-state index is 9.95. The molecule has 0 spiro atoms. The van der Waals surface area contributed by atoms with Crippen molar-refractivity contribution in [3.63, 3.8) is 0 Å². The molecule has 1 heterocycles. The van der Waals surface area contributed by atoms with Gasteiger partial charge in [0.2, 0.25) is 0 Å². The van der Waals surface area contributed by atoms with Crippen LogP contribution < -0.4 is 0 Å². The third kappa shape index (κ3) is 3.38. The lowest BCUT2D eigenvalue weighted by Gasteiger charge is -2.38. The largest absolute Gasteiger partial charge is 0.477 e. The molecular formula is C11H18N2O2. The lowest BCUT2D eigenvalue weighted by Crippen LogP contribution is -2.42. The Morgan fingerprint density at radius 2 is 2.27 bits per heavy atom. The summed E-state index contributed by atoms with van der Waals surface area (Å²) in [5.74, 6) is 0.814. The van der Waals surface area contributed by atoms with Crippen molar-refractivity contribution >= 4 is 0 Å².